The summed E-state index contributed by atoms with van der Waals surface area (Å²) in [6.45, 7) is 9.29. The molecule has 0 unspecified atom stereocenters. The summed E-state index contributed by atoms with van der Waals surface area (Å²) in [5.41, 5.74) is 1.36. The van der Waals surface area contributed by atoms with Crippen molar-refractivity contribution in [2.24, 2.45) is 17.3 Å². The lowest BCUT2D eigenvalue weighted by Gasteiger charge is -2.29. The van der Waals surface area contributed by atoms with Gasteiger partial charge in [-0.05, 0) is 34.8 Å². The maximum Gasteiger partial charge on any atom is 0.347 e. The number of ether oxygens (including phenoxy) is 4. The first-order valence-corrected chi connectivity index (χ1v) is 16.3. The molecule has 0 aromatic heterocycles. The second-order valence-corrected chi connectivity index (χ2v) is 13.9. The molecule has 2 aliphatic rings. The van der Waals surface area contributed by atoms with Gasteiger partial charge in [-0.15, -0.1) is 0 Å². The number of rotatable bonds is 7. The molecule has 47 heavy (non-hydrogen) atoms. The fourth-order valence-corrected chi connectivity index (χ4v) is 5.78. The van der Waals surface area contributed by atoms with Gasteiger partial charge in [-0.3, -0.25) is 14.4 Å². The molecule has 2 heterocycles. The number of esters is 2. The molecule has 2 amide bonds. The van der Waals surface area contributed by atoms with Crippen LogP contribution in [-0.2, 0) is 39.8 Å². The summed E-state index contributed by atoms with van der Waals surface area (Å²) in [5, 5.41) is 5.87. The molecule has 2 N–H and O–H groups in total. The summed E-state index contributed by atoms with van der Waals surface area (Å²) in [7, 11) is 1.51. The first-order chi connectivity index (χ1) is 22.3. The Kier molecular flexibility index (Phi) is 12.1. The van der Waals surface area contributed by atoms with Gasteiger partial charge in [0.15, 0.2) is 6.10 Å². The predicted octanol–water partition coefficient (Wildman–Crippen LogP) is 5.12. The number of methoxy groups -OCH3 is 1. The molecule has 10 nitrogen and oxygen atoms in total. The van der Waals surface area contributed by atoms with Gasteiger partial charge in [0.05, 0.1) is 24.2 Å². The minimum Gasteiger partial charge on any atom is -0.495 e. The summed E-state index contributed by atoms with van der Waals surface area (Å²) in [5.74, 6) is -2.85. The Morgan fingerprint density at radius 2 is 1.74 bits per heavy atom. The zero-order valence-corrected chi connectivity index (χ0v) is 28.5. The van der Waals surface area contributed by atoms with Crippen LogP contribution in [0.25, 0.3) is 0 Å². The van der Waals surface area contributed by atoms with E-state index in [0.717, 1.165) is 5.56 Å². The van der Waals surface area contributed by atoms with Crippen LogP contribution < -0.4 is 15.4 Å². The number of epoxide rings is 1. The Morgan fingerprint density at radius 3 is 2.40 bits per heavy atom. The number of nitrogens with one attached hydrogen (secondary N) is 2. The van der Waals surface area contributed by atoms with Crippen LogP contribution >= 0.6 is 11.6 Å². The smallest absolute Gasteiger partial charge is 0.347 e. The summed E-state index contributed by atoms with van der Waals surface area (Å²) in [6.07, 6.45) is 1.31. The molecule has 7 atom stereocenters. The average Bonchev–Trinajstić information content (AvgIpc) is 3.82. The molecule has 2 aromatic rings. The molecule has 254 valence electrons. The van der Waals surface area contributed by atoms with Crippen LogP contribution in [0.5, 0.6) is 5.75 Å². The lowest BCUT2D eigenvalue weighted by molar-refractivity contribution is -0.177. The Hall–Kier alpha value is -3.89. The molecule has 4 rings (SSSR count). The van der Waals surface area contributed by atoms with Gasteiger partial charge in [0, 0.05) is 31.7 Å². The van der Waals surface area contributed by atoms with E-state index in [1.807, 2.05) is 58.0 Å². The Bertz CT molecular complexity index is 1460. The van der Waals surface area contributed by atoms with Crippen LogP contribution in [-0.4, -0.2) is 61.8 Å². The van der Waals surface area contributed by atoms with Crippen LogP contribution in [0.4, 0.5) is 0 Å². The van der Waals surface area contributed by atoms with E-state index in [1.54, 1.807) is 31.2 Å². The van der Waals surface area contributed by atoms with Gasteiger partial charge < -0.3 is 29.6 Å². The van der Waals surface area contributed by atoms with Crippen molar-refractivity contribution in [1.82, 2.24) is 10.6 Å². The van der Waals surface area contributed by atoms with Gasteiger partial charge in [0.25, 0.3) is 0 Å². The number of halogens is 1. The second-order valence-electron chi connectivity index (χ2n) is 13.5. The average molecular weight is 669 g/mol. The molecule has 0 saturated carbocycles. The second kappa shape index (κ2) is 15.8. The van der Waals surface area contributed by atoms with E-state index < -0.39 is 47.9 Å². The van der Waals surface area contributed by atoms with Crippen molar-refractivity contribution >= 4 is 35.4 Å². The molecule has 11 heteroatoms. The first-order valence-electron chi connectivity index (χ1n) is 15.9. The van der Waals surface area contributed by atoms with Crippen molar-refractivity contribution < 1.29 is 38.1 Å². The molecule has 0 spiro atoms. The van der Waals surface area contributed by atoms with E-state index in [1.165, 1.54) is 13.2 Å². The number of carbonyl (C=O) groups is 4. The minimum absolute atomic E-state index is 0.0694. The number of amides is 2. The van der Waals surface area contributed by atoms with E-state index in [4.69, 9.17) is 30.5 Å². The van der Waals surface area contributed by atoms with Crippen molar-refractivity contribution in [3.05, 3.63) is 76.8 Å². The number of hydrogen-bond donors (Lipinski definition) is 2. The molecule has 0 radical (unpaired) electrons. The van der Waals surface area contributed by atoms with Crippen LogP contribution in [0, 0.1) is 17.3 Å². The van der Waals surface area contributed by atoms with Crippen LogP contribution in [0.2, 0.25) is 5.02 Å². The quantitative estimate of drug-likeness (QED) is 0.307. The van der Waals surface area contributed by atoms with Crippen LogP contribution in [0.15, 0.2) is 60.7 Å². The summed E-state index contributed by atoms with van der Waals surface area (Å²) in [6, 6.07) is 13.9. The molecular formula is C36H45ClN2O8. The fourth-order valence-electron chi connectivity index (χ4n) is 5.50. The maximum absolute atomic E-state index is 13.6. The van der Waals surface area contributed by atoms with Crippen molar-refractivity contribution in [2.45, 2.75) is 84.3 Å². The minimum atomic E-state index is -1.16. The SMILES string of the molecule is COc1ccc(C[C@H]2NC(=O)/C=C/C[C@@H]([C@H](C)[C@H]3O[C@@H]3c3ccccc3)OC(=O)[C@H](CC(C)(C)C)OC(=O)[C@H](C)CNC2=O)cc1Cl. The highest BCUT2D eigenvalue weighted by atomic mass is 35.5. The third kappa shape index (κ3) is 10.3. The summed E-state index contributed by atoms with van der Waals surface area (Å²) >= 11 is 6.31. The van der Waals surface area contributed by atoms with Crippen LogP contribution in [0.3, 0.4) is 0 Å². The summed E-state index contributed by atoms with van der Waals surface area (Å²) < 4.78 is 23.0. The number of carbonyl (C=O) groups excluding carboxylic acids is 4. The monoisotopic (exact) mass is 668 g/mol. The predicted molar refractivity (Wildman–Crippen MR) is 177 cm³/mol. The zero-order chi connectivity index (χ0) is 34.3. The highest BCUT2D eigenvalue weighted by Gasteiger charge is 2.47. The van der Waals surface area contributed by atoms with Crippen molar-refractivity contribution in [3.63, 3.8) is 0 Å². The molecule has 0 aliphatic carbocycles. The van der Waals surface area contributed by atoms with Gasteiger partial charge in [0.1, 0.15) is 24.0 Å². The number of benzene rings is 2. The Labute approximate surface area is 281 Å². The zero-order valence-electron chi connectivity index (χ0n) is 27.8. The van der Waals surface area contributed by atoms with Crippen molar-refractivity contribution in [2.75, 3.05) is 13.7 Å². The normalized spacial score (nSPS) is 27.5. The van der Waals surface area contributed by atoms with Gasteiger partial charge >= 0.3 is 11.9 Å². The van der Waals surface area contributed by atoms with Crippen molar-refractivity contribution in [3.8, 4) is 5.75 Å². The number of hydrogen-bond acceptors (Lipinski definition) is 8. The van der Waals surface area contributed by atoms with E-state index in [9.17, 15) is 19.2 Å². The Morgan fingerprint density at radius 1 is 1.02 bits per heavy atom. The van der Waals surface area contributed by atoms with E-state index in [2.05, 4.69) is 10.6 Å². The molecule has 2 aromatic carbocycles. The van der Waals surface area contributed by atoms with E-state index in [0.29, 0.717) is 16.3 Å². The molecule has 2 aliphatic heterocycles. The molecule has 1 fully saturated rings. The maximum atomic E-state index is 13.6. The van der Waals surface area contributed by atoms with Gasteiger partial charge in [-0.2, -0.15) is 0 Å². The van der Waals surface area contributed by atoms with E-state index in [-0.39, 0.29) is 49.3 Å². The third-order valence-corrected chi connectivity index (χ3v) is 8.55. The topological polar surface area (TPSA) is 133 Å². The number of cyclic esters (lactones) is 2. The molecule has 0 bridgehead atoms. The molecule has 1 saturated heterocycles. The third-order valence-electron chi connectivity index (χ3n) is 8.26. The highest BCUT2D eigenvalue weighted by Crippen LogP contribution is 2.45. The van der Waals surface area contributed by atoms with Gasteiger partial charge in [-0.25, -0.2) is 4.79 Å². The van der Waals surface area contributed by atoms with E-state index >= 15 is 0 Å². The molecular weight excluding hydrogens is 624 g/mol. The first kappa shape index (κ1) is 36.0. The summed E-state index contributed by atoms with van der Waals surface area (Å²) in [4.78, 5) is 53.3. The van der Waals surface area contributed by atoms with Crippen molar-refractivity contribution in [1.29, 1.82) is 0 Å². The van der Waals surface area contributed by atoms with Gasteiger partial charge in [-0.1, -0.05) is 88.7 Å². The fraction of sp³-hybridized carbons (Fsp3) is 0.500. The largest absolute Gasteiger partial charge is 0.495 e. The highest BCUT2D eigenvalue weighted by molar-refractivity contribution is 6.32. The Balaban J connectivity index is 1.59. The lowest BCUT2D eigenvalue weighted by atomic mass is 9.89. The standard InChI is InChI=1S/C36H45ClN2O8/c1-21-20-38-33(41)26(18-23-15-16-28(44-6)25(37)17-23)39-30(40)14-10-13-27(22(2)31-32(47-31)24-11-8-7-9-12-24)45-35(43)29(46-34(21)42)19-36(3,4)5/h7-12,14-17,21-22,26-27,29,31-32H,13,18-20H2,1-6H3,(H,38,41)(H,39,40)/b14-10+/t21-,22+,26-,27+,29+,31-,32-/m1/s1. The lowest BCUT2D eigenvalue weighted by Crippen LogP contribution is -2.49. The van der Waals surface area contributed by atoms with Gasteiger partial charge in [0.2, 0.25) is 11.8 Å². The van der Waals surface area contributed by atoms with Crippen LogP contribution in [0.1, 0.15) is 64.7 Å².